The van der Waals surface area contributed by atoms with Crippen molar-refractivity contribution in [3.63, 3.8) is 0 Å². The molecule has 0 fully saturated rings. The molecule has 0 aliphatic heterocycles. The van der Waals surface area contributed by atoms with E-state index in [1.165, 1.54) is 0 Å². The Morgan fingerprint density at radius 2 is 0.629 bits per heavy atom. The van der Waals surface area contributed by atoms with Gasteiger partial charge in [0.05, 0.1) is 49.8 Å². The van der Waals surface area contributed by atoms with Gasteiger partial charge < -0.3 is 19.4 Å². The van der Waals surface area contributed by atoms with Crippen molar-refractivity contribution in [1.82, 2.24) is 23.7 Å². The second-order valence-electron chi connectivity index (χ2n) is 17.9. The third-order valence-electron chi connectivity index (χ3n) is 14.1. The van der Waals surface area contributed by atoms with Crippen molar-refractivity contribution in [3.8, 4) is 61.6 Å². The molecule has 6 heteroatoms. The second-order valence-corrected chi connectivity index (χ2v) is 17.9. The summed E-state index contributed by atoms with van der Waals surface area (Å²) in [5.74, 6) is 0. The van der Waals surface area contributed by atoms with Crippen molar-refractivity contribution in [2.75, 3.05) is 5.73 Å². The largest absolute Gasteiger partial charge is 0.398 e. The van der Waals surface area contributed by atoms with Crippen LogP contribution in [-0.2, 0) is 0 Å². The molecule has 9 aromatic carbocycles. The van der Waals surface area contributed by atoms with Crippen molar-refractivity contribution in [3.05, 3.63) is 243 Å². The van der Waals surface area contributed by atoms with Crippen LogP contribution in [0.1, 0.15) is 0 Å². The quantitative estimate of drug-likeness (QED) is 0.162. The smallest absolute Gasteiger partial charge is 0.0963 e. The van der Waals surface area contributed by atoms with Crippen molar-refractivity contribution in [2.45, 2.75) is 0 Å². The number of nitrogens with two attached hydrogens (primary N) is 1. The Morgan fingerprint density at radius 3 is 1.04 bits per heavy atom. The Balaban J connectivity index is 1.19. The van der Waals surface area contributed by atoms with E-state index in [0.29, 0.717) is 0 Å². The highest BCUT2D eigenvalue weighted by Gasteiger charge is 2.30. The number of para-hydroxylation sites is 2. The fraction of sp³-hybridized carbons (Fsp3) is 0. The fourth-order valence-corrected chi connectivity index (χ4v) is 11.2. The number of hydrogen-bond donors (Lipinski definition) is 1. The SMILES string of the molecule is Nc1c(-c2ccccc2)c(-c2ccccc2)c(-n2c3ccc(-n4c5ccccc5c5ncccc54)cc3c3cc(-n4c5ccccc5c5ncccc54)ccc32)c(-c2ccccc2)c1-c1ccccc1. The number of benzene rings is 9. The maximum absolute atomic E-state index is 7.78. The van der Waals surface area contributed by atoms with Gasteiger partial charge in [-0.05, 0) is 95.1 Å². The molecule has 0 saturated carbocycles. The van der Waals surface area contributed by atoms with Crippen LogP contribution in [0.2, 0.25) is 0 Å². The molecule has 70 heavy (non-hydrogen) atoms. The molecular weight excluding hydrogens is 853 g/mol. The summed E-state index contributed by atoms with van der Waals surface area (Å²) >= 11 is 0. The Labute approximate surface area is 403 Å². The van der Waals surface area contributed by atoms with E-state index in [2.05, 4.69) is 232 Å². The molecule has 2 N–H and O–H groups in total. The third-order valence-corrected chi connectivity index (χ3v) is 14.1. The molecule has 5 heterocycles. The summed E-state index contributed by atoms with van der Waals surface area (Å²) in [6, 6.07) is 82.4. The number of fused-ring (bicyclic) bond motifs is 9. The van der Waals surface area contributed by atoms with E-state index in [9.17, 15) is 0 Å². The molecular formula is C64H42N6. The maximum Gasteiger partial charge on any atom is 0.0963 e. The van der Waals surface area contributed by atoms with Crippen LogP contribution in [0.4, 0.5) is 5.69 Å². The summed E-state index contributed by atoms with van der Waals surface area (Å²) in [7, 11) is 0. The summed E-state index contributed by atoms with van der Waals surface area (Å²) in [6.45, 7) is 0. The number of nitrogen functional groups attached to an aromatic ring is 1. The van der Waals surface area contributed by atoms with E-state index in [4.69, 9.17) is 15.7 Å². The number of nitrogens with zero attached hydrogens (tertiary/aromatic N) is 5. The van der Waals surface area contributed by atoms with Crippen LogP contribution in [0, 0.1) is 0 Å². The van der Waals surface area contributed by atoms with Crippen LogP contribution in [0.5, 0.6) is 0 Å². The van der Waals surface area contributed by atoms with Gasteiger partial charge in [0.15, 0.2) is 0 Å². The van der Waals surface area contributed by atoms with Crippen molar-refractivity contribution >= 4 is 71.4 Å². The Bertz CT molecular complexity index is 3960. The molecule has 14 rings (SSSR count). The van der Waals surface area contributed by atoms with Gasteiger partial charge in [-0.1, -0.05) is 158 Å². The molecule has 0 saturated heterocycles. The summed E-state index contributed by atoms with van der Waals surface area (Å²) in [5, 5.41) is 4.46. The predicted molar refractivity (Wildman–Crippen MR) is 291 cm³/mol. The van der Waals surface area contributed by atoms with Crippen molar-refractivity contribution in [1.29, 1.82) is 0 Å². The summed E-state index contributed by atoms with van der Waals surface area (Å²) in [5.41, 5.74) is 28.4. The Morgan fingerprint density at radius 1 is 0.286 bits per heavy atom. The lowest BCUT2D eigenvalue weighted by Gasteiger charge is -2.28. The molecule has 0 bridgehead atoms. The van der Waals surface area contributed by atoms with Crippen LogP contribution in [0.25, 0.3) is 127 Å². The molecule has 0 aliphatic carbocycles. The first kappa shape index (κ1) is 39.6. The molecule has 0 unspecified atom stereocenters. The van der Waals surface area contributed by atoms with Gasteiger partial charge in [0.25, 0.3) is 0 Å². The van der Waals surface area contributed by atoms with Crippen LogP contribution < -0.4 is 5.73 Å². The molecule has 6 nitrogen and oxygen atoms in total. The molecule has 14 aromatic rings. The van der Waals surface area contributed by atoms with Crippen LogP contribution in [-0.4, -0.2) is 23.7 Å². The zero-order valence-corrected chi connectivity index (χ0v) is 37.9. The topological polar surface area (TPSA) is 66.6 Å². The maximum atomic E-state index is 7.78. The zero-order valence-electron chi connectivity index (χ0n) is 37.9. The molecule has 5 aromatic heterocycles. The van der Waals surface area contributed by atoms with Gasteiger partial charge in [-0.3, -0.25) is 9.97 Å². The Kier molecular flexibility index (Phi) is 8.94. The van der Waals surface area contributed by atoms with E-state index < -0.39 is 0 Å². The standard InChI is InChI=1S/C64H42N6/c65-61-57(41-19-5-1-6-20-41)59(43-23-9-3-10-24-43)64(60(44-25-11-4-12-26-44)58(61)42-21-7-2-8-22-42)70-53-35-33-45(68-51-29-15-13-27-47(51)62-55(68)31-17-37-66-62)39-49(53)50-40-46(34-36-54(50)70)69-52-30-16-14-28-48(52)63-56(69)32-18-38-67-63/h1-40H,65H2. The van der Waals surface area contributed by atoms with Gasteiger partial charge in [0, 0.05) is 73.3 Å². The predicted octanol–water partition coefficient (Wildman–Crippen LogP) is 16.0. The van der Waals surface area contributed by atoms with Gasteiger partial charge in [0.2, 0.25) is 0 Å². The lowest BCUT2D eigenvalue weighted by Crippen LogP contribution is -2.08. The van der Waals surface area contributed by atoms with Gasteiger partial charge in [-0.25, -0.2) is 0 Å². The Hall–Kier alpha value is -9.52. The number of aromatic nitrogens is 5. The first-order chi connectivity index (χ1) is 34.7. The van der Waals surface area contributed by atoms with Crippen molar-refractivity contribution < 1.29 is 0 Å². The number of hydrogen-bond acceptors (Lipinski definition) is 3. The normalized spacial score (nSPS) is 11.8. The van der Waals surface area contributed by atoms with E-state index in [-0.39, 0.29) is 0 Å². The molecule has 328 valence electrons. The van der Waals surface area contributed by atoms with E-state index >= 15 is 0 Å². The summed E-state index contributed by atoms with van der Waals surface area (Å²) in [6.07, 6.45) is 3.77. The van der Waals surface area contributed by atoms with Crippen LogP contribution in [0.3, 0.4) is 0 Å². The highest BCUT2D eigenvalue weighted by molar-refractivity contribution is 6.17. The van der Waals surface area contributed by atoms with Gasteiger partial charge >= 0.3 is 0 Å². The van der Waals surface area contributed by atoms with Gasteiger partial charge in [0.1, 0.15) is 0 Å². The first-order valence-electron chi connectivity index (χ1n) is 23.7. The van der Waals surface area contributed by atoms with Crippen molar-refractivity contribution in [2.24, 2.45) is 0 Å². The minimum Gasteiger partial charge on any atom is -0.398 e. The van der Waals surface area contributed by atoms with Gasteiger partial charge in [-0.2, -0.15) is 0 Å². The molecule has 0 spiro atoms. The minimum atomic E-state index is 0.726. The second kappa shape index (κ2) is 15.8. The average molecular weight is 895 g/mol. The molecule has 0 atom stereocenters. The van der Waals surface area contributed by atoms with Gasteiger partial charge in [-0.15, -0.1) is 0 Å². The number of pyridine rings is 2. The first-order valence-corrected chi connectivity index (χ1v) is 23.7. The summed E-state index contributed by atoms with van der Waals surface area (Å²) in [4.78, 5) is 9.82. The summed E-state index contributed by atoms with van der Waals surface area (Å²) < 4.78 is 7.23. The molecule has 0 radical (unpaired) electrons. The third kappa shape index (κ3) is 5.93. The molecule has 0 amide bonds. The molecule has 0 aliphatic rings. The van der Waals surface area contributed by atoms with E-state index in [1.54, 1.807) is 0 Å². The van der Waals surface area contributed by atoms with Crippen LogP contribution >= 0.6 is 0 Å². The zero-order chi connectivity index (χ0) is 46.3. The lowest BCUT2D eigenvalue weighted by molar-refractivity contribution is 1.16. The van der Waals surface area contributed by atoms with Crippen LogP contribution in [0.15, 0.2) is 243 Å². The number of rotatable bonds is 7. The number of anilines is 1. The highest BCUT2D eigenvalue weighted by atomic mass is 15.0. The fourth-order valence-electron chi connectivity index (χ4n) is 11.2. The highest BCUT2D eigenvalue weighted by Crippen LogP contribution is 2.54. The monoisotopic (exact) mass is 894 g/mol. The average Bonchev–Trinajstić information content (AvgIpc) is 4.07. The van der Waals surface area contributed by atoms with E-state index in [0.717, 1.165) is 133 Å². The lowest BCUT2D eigenvalue weighted by atomic mass is 9.81. The minimum absolute atomic E-state index is 0.726. The van der Waals surface area contributed by atoms with E-state index in [1.807, 2.05) is 24.5 Å².